The third-order valence-corrected chi connectivity index (χ3v) is 4.89. The number of para-hydroxylation sites is 1. The molecule has 2 aromatic rings. The van der Waals surface area contributed by atoms with E-state index in [9.17, 15) is 0 Å². The Morgan fingerprint density at radius 1 is 0.774 bits per heavy atom. The molecule has 168 valence electrons. The number of carboxylic acids is 2. The van der Waals surface area contributed by atoms with Crippen molar-refractivity contribution in [3.05, 3.63) is 54.6 Å². The summed E-state index contributed by atoms with van der Waals surface area (Å²) in [6, 6.07) is 18.6. The van der Waals surface area contributed by atoms with Gasteiger partial charge in [0.05, 0.1) is 13.2 Å². The van der Waals surface area contributed by atoms with E-state index in [0.29, 0.717) is 13.2 Å². The van der Waals surface area contributed by atoms with E-state index in [4.69, 9.17) is 29.3 Å². The van der Waals surface area contributed by atoms with Crippen molar-refractivity contribution >= 4 is 11.9 Å². The van der Waals surface area contributed by atoms with Gasteiger partial charge in [-0.3, -0.25) is 0 Å². The van der Waals surface area contributed by atoms with Gasteiger partial charge in [-0.25, -0.2) is 9.59 Å². The Kier molecular flexibility index (Phi) is 11.1. The first-order valence-corrected chi connectivity index (χ1v) is 10.6. The Labute approximate surface area is 183 Å². The molecule has 0 spiro atoms. The molecule has 2 N–H and O–H groups in total. The highest BCUT2D eigenvalue weighted by molar-refractivity contribution is 6.27. The number of ether oxygens (including phenoxy) is 2. The first-order chi connectivity index (χ1) is 15.1. The van der Waals surface area contributed by atoms with Crippen LogP contribution < -0.4 is 4.74 Å². The minimum absolute atomic E-state index is 0.587. The average Bonchev–Trinajstić information content (AvgIpc) is 3.06. The highest BCUT2D eigenvalue weighted by Gasteiger charge is 2.08. The highest BCUT2D eigenvalue weighted by Crippen LogP contribution is 2.29. The van der Waals surface area contributed by atoms with Gasteiger partial charge in [0.2, 0.25) is 0 Å². The smallest absolute Gasteiger partial charge is 0.414 e. The summed E-state index contributed by atoms with van der Waals surface area (Å²) in [7, 11) is 0. The van der Waals surface area contributed by atoms with Crippen LogP contribution in [-0.2, 0) is 14.3 Å². The highest BCUT2D eigenvalue weighted by atomic mass is 16.5. The summed E-state index contributed by atoms with van der Waals surface area (Å²) < 4.78 is 11.7. The number of hydrogen-bond acceptors (Lipinski definition) is 5. The number of rotatable bonds is 8. The number of aliphatic carboxylic acids is 2. The molecule has 0 bridgehead atoms. The number of carboxylic acid groups (broad SMARTS) is 2. The number of hydrogen-bond donors (Lipinski definition) is 2. The van der Waals surface area contributed by atoms with Crippen molar-refractivity contribution in [3.8, 4) is 16.9 Å². The van der Waals surface area contributed by atoms with Gasteiger partial charge in [0.15, 0.2) is 0 Å². The van der Waals surface area contributed by atoms with Crippen LogP contribution in [0.1, 0.15) is 25.7 Å². The van der Waals surface area contributed by atoms with E-state index in [1.54, 1.807) is 0 Å². The van der Waals surface area contributed by atoms with E-state index in [0.717, 1.165) is 24.5 Å². The monoisotopic (exact) mass is 429 g/mol. The number of nitrogens with zero attached hydrogens (tertiary/aromatic N) is 1. The minimum atomic E-state index is -1.82. The molecule has 1 saturated heterocycles. The zero-order chi connectivity index (χ0) is 22.3. The van der Waals surface area contributed by atoms with Gasteiger partial charge in [0.1, 0.15) is 12.4 Å². The molecule has 0 radical (unpaired) electrons. The van der Waals surface area contributed by atoms with Crippen LogP contribution >= 0.6 is 0 Å². The normalized spacial score (nSPS) is 14.1. The van der Waals surface area contributed by atoms with E-state index in [1.165, 1.54) is 44.3 Å². The molecule has 1 aliphatic heterocycles. The molecule has 1 heterocycles. The van der Waals surface area contributed by atoms with Crippen molar-refractivity contribution in [1.82, 2.24) is 4.90 Å². The molecule has 1 fully saturated rings. The molecule has 1 aliphatic rings. The molecule has 7 heteroatoms. The molecule has 0 unspecified atom stereocenters. The molecule has 3 rings (SSSR count). The van der Waals surface area contributed by atoms with E-state index in [-0.39, 0.29) is 0 Å². The second-order valence-electron chi connectivity index (χ2n) is 7.19. The fourth-order valence-corrected chi connectivity index (χ4v) is 3.31. The number of carbonyl (C=O) groups is 2. The summed E-state index contributed by atoms with van der Waals surface area (Å²) in [4.78, 5) is 20.7. The number of benzene rings is 2. The lowest BCUT2D eigenvalue weighted by Crippen LogP contribution is -2.29. The second kappa shape index (κ2) is 14.2. The Hall–Kier alpha value is -2.90. The summed E-state index contributed by atoms with van der Waals surface area (Å²) in [5, 5.41) is 14.8. The minimum Gasteiger partial charge on any atom is -0.491 e. The first-order valence-electron chi connectivity index (χ1n) is 10.6. The Balaban J connectivity index is 0.000000501. The molecule has 31 heavy (non-hydrogen) atoms. The Morgan fingerprint density at radius 3 is 2.03 bits per heavy atom. The lowest BCUT2D eigenvalue weighted by molar-refractivity contribution is -0.159. The quantitative estimate of drug-likeness (QED) is 0.487. The van der Waals surface area contributed by atoms with Gasteiger partial charge in [-0.05, 0) is 37.6 Å². The van der Waals surface area contributed by atoms with Crippen LogP contribution in [-0.4, -0.2) is 66.5 Å². The lowest BCUT2D eigenvalue weighted by atomic mass is 10.1. The zero-order valence-electron chi connectivity index (χ0n) is 17.7. The Bertz CT molecular complexity index is 776. The lowest BCUT2D eigenvalue weighted by Gasteiger charge is -2.19. The molecular weight excluding hydrogens is 398 g/mol. The summed E-state index contributed by atoms with van der Waals surface area (Å²) in [6.45, 7) is 5.51. The van der Waals surface area contributed by atoms with Crippen LogP contribution in [0.25, 0.3) is 11.1 Å². The van der Waals surface area contributed by atoms with E-state index in [2.05, 4.69) is 35.2 Å². The standard InChI is InChI=1S/C22H29NO2.C2H2O4/c1-2-9-15-23(14-8-1)16-17-24-18-19-25-22-13-7-6-12-21(22)20-10-4-3-5-11-20;3-1(4)2(5)6/h3-7,10-13H,1-2,8-9,14-19H2;(H,3,4)(H,5,6). The van der Waals surface area contributed by atoms with Gasteiger partial charge in [-0.1, -0.05) is 61.4 Å². The molecule has 0 amide bonds. The van der Waals surface area contributed by atoms with Crippen LogP contribution in [0.4, 0.5) is 0 Å². The molecule has 0 saturated carbocycles. The summed E-state index contributed by atoms with van der Waals surface area (Å²) in [5.74, 6) is -2.73. The van der Waals surface area contributed by atoms with Gasteiger partial charge in [0, 0.05) is 12.1 Å². The van der Waals surface area contributed by atoms with Crippen LogP contribution in [0.15, 0.2) is 54.6 Å². The van der Waals surface area contributed by atoms with Crippen molar-refractivity contribution in [2.45, 2.75) is 25.7 Å². The first kappa shape index (κ1) is 24.4. The van der Waals surface area contributed by atoms with Gasteiger partial charge in [-0.2, -0.15) is 0 Å². The predicted octanol–water partition coefficient (Wildman–Crippen LogP) is 3.78. The summed E-state index contributed by atoms with van der Waals surface area (Å²) in [6.07, 6.45) is 5.43. The summed E-state index contributed by atoms with van der Waals surface area (Å²) in [5.41, 5.74) is 2.31. The Morgan fingerprint density at radius 2 is 1.39 bits per heavy atom. The van der Waals surface area contributed by atoms with Crippen molar-refractivity contribution in [2.75, 3.05) is 39.5 Å². The van der Waals surface area contributed by atoms with Crippen LogP contribution in [0.5, 0.6) is 5.75 Å². The van der Waals surface area contributed by atoms with Crippen LogP contribution in [0.2, 0.25) is 0 Å². The molecule has 0 aliphatic carbocycles. The van der Waals surface area contributed by atoms with Crippen LogP contribution in [0.3, 0.4) is 0 Å². The van der Waals surface area contributed by atoms with Crippen molar-refractivity contribution < 1.29 is 29.3 Å². The second-order valence-corrected chi connectivity index (χ2v) is 7.19. The predicted molar refractivity (Wildman–Crippen MR) is 118 cm³/mol. The molecule has 0 aromatic heterocycles. The van der Waals surface area contributed by atoms with Crippen molar-refractivity contribution in [2.24, 2.45) is 0 Å². The third-order valence-electron chi connectivity index (χ3n) is 4.89. The van der Waals surface area contributed by atoms with Crippen molar-refractivity contribution in [1.29, 1.82) is 0 Å². The van der Waals surface area contributed by atoms with E-state index in [1.807, 2.05) is 24.3 Å². The van der Waals surface area contributed by atoms with Crippen molar-refractivity contribution in [3.63, 3.8) is 0 Å². The molecule has 7 nitrogen and oxygen atoms in total. The van der Waals surface area contributed by atoms with Gasteiger partial charge in [0.25, 0.3) is 0 Å². The maximum absolute atomic E-state index is 9.10. The largest absolute Gasteiger partial charge is 0.491 e. The molecule has 2 aromatic carbocycles. The molecular formula is C24H31NO6. The van der Waals surface area contributed by atoms with Crippen LogP contribution in [0, 0.1) is 0 Å². The zero-order valence-corrected chi connectivity index (χ0v) is 17.7. The topological polar surface area (TPSA) is 96.3 Å². The summed E-state index contributed by atoms with van der Waals surface area (Å²) >= 11 is 0. The molecule has 0 atom stereocenters. The van der Waals surface area contributed by atoms with Gasteiger partial charge >= 0.3 is 11.9 Å². The van der Waals surface area contributed by atoms with E-state index >= 15 is 0 Å². The SMILES string of the molecule is O=C(O)C(=O)O.c1ccc(-c2ccccc2OCCOCCN2CCCCCC2)cc1. The maximum Gasteiger partial charge on any atom is 0.414 e. The fraction of sp³-hybridized carbons (Fsp3) is 0.417. The maximum atomic E-state index is 9.10. The van der Waals surface area contributed by atoms with Gasteiger partial charge in [-0.15, -0.1) is 0 Å². The van der Waals surface area contributed by atoms with E-state index < -0.39 is 11.9 Å². The third kappa shape index (κ3) is 9.63. The van der Waals surface area contributed by atoms with Gasteiger partial charge < -0.3 is 24.6 Å². The number of likely N-dealkylation sites (tertiary alicyclic amines) is 1. The fourth-order valence-electron chi connectivity index (χ4n) is 3.31. The average molecular weight is 430 g/mol.